The normalized spacial score (nSPS) is 16.5. The average molecular weight is 322 g/mol. The van der Waals surface area contributed by atoms with Crippen molar-refractivity contribution in [3.63, 3.8) is 0 Å². The molecule has 1 aromatic rings. The molecule has 122 valence electrons. The van der Waals surface area contributed by atoms with Gasteiger partial charge in [-0.2, -0.15) is 5.10 Å². The Hall–Kier alpha value is -2.57. The van der Waals surface area contributed by atoms with Gasteiger partial charge in [0, 0.05) is 30.7 Å². The third-order valence-electron chi connectivity index (χ3n) is 3.47. The molecular formula is C16H16F2N2O3. The van der Waals surface area contributed by atoms with Crippen LogP contribution in [0.4, 0.5) is 8.78 Å². The number of rotatable bonds is 5. The van der Waals surface area contributed by atoms with Gasteiger partial charge in [-0.05, 0) is 24.1 Å². The molecule has 23 heavy (non-hydrogen) atoms. The first-order valence-electron chi connectivity index (χ1n) is 6.99. The molecule has 0 aliphatic carbocycles. The quantitative estimate of drug-likeness (QED) is 0.619. The Morgan fingerprint density at radius 1 is 1.30 bits per heavy atom. The van der Waals surface area contributed by atoms with E-state index >= 15 is 0 Å². The standard InChI is InChI=1S/C16H16F2N2O3/c1-10(16(22)23-2)3-4-15(21)20-14(5-6-19-20)11-7-12(17)9-13(18)8-11/h6-9,14H,1,3-5H2,2H3. The minimum Gasteiger partial charge on any atom is -0.466 e. The van der Waals surface area contributed by atoms with E-state index in [0.29, 0.717) is 12.0 Å². The summed E-state index contributed by atoms with van der Waals surface area (Å²) in [5.41, 5.74) is 0.512. The lowest BCUT2D eigenvalue weighted by Crippen LogP contribution is -2.27. The van der Waals surface area contributed by atoms with E-state index in [1.54, 1.807) is 0 Å². The number of hydrogen-bond acceptors (Lipinski definition) is 4. The van der Waals surface area contributed by atoms with Gasteiger partial charge in [0.1, 0.15) is 11.6 Å². The molecule has 0 fully saturated rings. The maximum Gasteiger partial charge on any atom is 0.333 e. The molecule has 0 saturated carbocycles. The highest BCUT2D eigenvalue weighted by Crippen LogP contribution is 2.30. The molecule has 0 aromatic heterocycles. The topological polar surface area (TPSA) is 59.0 Å². The number of methoxy groups -OCH3 is 1. The largest absolute Gasteiger partial charge is 0.466 e. The van der Waals surface area contributed by atoms with Gasteiger partial charge in [0.05, 0.1) is 13.2 Å². The van der Waals surface area contributed by atoms with Crippen LogP contribution in [0.15, 0.2) is 35.5 Å². The van der Waals surface area contributed by atoms with Gasteiger partial charge in [0.15, 0.2) is 0 Å². The molecule has 2 rings (SSSR count). The third kappa shape index (κ3) is 4.00. The summed E-state index contributed by atoms with van der Waals surface area (Å²) in [4.78, 5) is 23.5. The second-order valence-electron chi connectivity index (χ2n) is 5.09. The van der Waals surface area contributed by atoms with Crippen molar-refractivity contribution in [3.8, 4) is 0 Å². The zero-order valence-electron chi connectivity index (χ0n) is 12.6. The van der Waals surface area contributed by atoms with E-state index in [1.807, 2.05) is 0 Å². The van der Waals surface area contributed by atoms with Crippen molar-refractivity contribution in [2.75, 3.05) is 7.11 Å². The van der Waals surface area contributed by atoms with Crippen molar-refractivity contribution in [1.82, 2.24) is 5.01 Å². The van der Waals surface area contributed by atoms with Crippen LogP contribution in [0.5, 0.6) is 0 Å². The van der Waals surface area contributed by atoms with Gasteiger partial charge in [-0.25, -0.2) is 18.6 Å². The number of esters is 1. The molecule has 0 saturated heterocycles. The summed E-state index contributed by atoms with van der Waals surface area (Å²) >= 11 is 0. The fourth-order valence-corrected chi connectivity index (χ4v) is 2.32. The number of benzene rings is 1. The Balaban J connectivity index is 2.06. The van der Waals surface area contributed by atoms with Crippen LogP contribution in [-0.2, 0) is 14.3 Å². The molecular weight excluding hydrogens is 306 g/mol. The Kier molecular flexibility index (Phi) is 5.20. The molecule has 1 aliphatic rings. The van der Waals surface area contributed by atoms with Crippen molar-refractivity contribution in [1.29, 1.82) is 0 Å². The summed E-state index contributed by atoms with van der Waals surface area (Å²) in [5, 5.41) is 5.14. The lowest BCUT2D eigenvalue weighted by atomic mass is 10.0. The summed E-state index contributed by atoms with van der Waals surface area (Å²) in [6, 6.07) is 2.57. The molecule has 1 heterocycles. The van der Waals surface area contributed by atoms with Gasteiger partial charge < -0.3 is 4.74 Å². The van der Waals surface area contributed by atoms with Crippen LogP contribution in [0.2, 0.25) is 0 Å². The highest BCUT2D eigenvalue weighted by molar-refractivity contribution is 5.89. The minimum atomic E-state index is -0.710. The second-order valence-corrected chi connectivity index (χ2v) is 5.09. The van der Waals surface area contributed by atoms with E-state index in [2.05, 4.69) is 16.4 Å². The summed E-state index contributed by atoms with van der Waals surface area (Å²) in [6.45, 7) is 3.54. The third-order valence-corrected chi connectivity index (χ3v) is 3.47. The van der Waals surface area contributed by atoms with Crippen LogP contribution < -0.4 is 0 Å². The lowest BCUT2D eigenvalue weighted by molar-refractivity contribution is -0.136. The Labute approximate surface area is 132 Å². The first kappa shape index (κ1) is 16.8. The number of hydrazone groups is 1. The minimum absolute atomic E-state index is 0.000425. The van der Waals surface area contributed by atoms with E-state index in [4.69, 9.17) is 0 Å². The number of carbonyl (C=O) groups is 2. The van der Waals surface area contributed by atoms with Crippen LogP contribution in [0, 0.1) is 11.6 Å². The van der Waals surface area contributed by atoms with Crippen LogP contribution in [0.25, 0.3) is 0 Å². The number of carbonyl (C=O) groups excluding carboxylic acids is 2. The molecule has 0 spiro atoms. The summed E-state index contributed by atoms with van der Waals surface area (Å²) in [7, 11) is 1.23. The highest BCUT2D eigenvalue weighted by atomic mass is 19.1. The van der Waals surface area contributed by atoms with Crippen molar-refractivity contribution in [3.05, 3.63) is 47.5 Å². The fraction of sp³-hybridized carbons (Fsp3) is 0.312. The van der Waals surface area contributed by atoms with Crippen molar-refractivity contribution in [2.24, 2.45) is 5.10 Å². The molecule has 0 N–H and O–H groups in total. The molecule has 5 nitrogen and oxygen atoms in total. The predicted octanol–water partition coefficient (Wildman–Crippen LogP) is 2.73. The van der Waals surface area contributed by atoms with Gasteiger partial charge in [-0.1, -0.05) is 6.58 Å². The predicted molar refractivity (Wildman–Crippen MR) is 79.4 cm³/mol. The molecule has 0 bridgehead atoms. The Morgan fingerprint density at radius 3 is 2.57 bits per heavy atom. The molecule has 1 aromatic carbocycles. The molecule has 1 atom stereocenters. The Bertz CT molecular complexity index is 653. The van der Waals surface area contributed by atoms with Gasteiger partial charge in [-0.3, -0.25) is 4.79 Å². The first-order valence-corrected chi connectivity index (χ1v) is 6.99. The van der Waals surface area contributed by atoms with E-state index in [-0.39, 0.29) is 24.3 Å². The number of nitrogens with zero attached hydrogens (tertiary/aromatic N) is 2. The van der Waals surface area contributed by atoms with Gasteiger partial charge in [0.25, 0.3) is 0 Å². The second kappa shape index (κ2) is 7.13. The molecule has 1 unspecified atom stereocenters. The highest BCUT2D eigenvalue weighted by Gasteiger charge is 2.29. The van der Waals surface area contributed by atoms with Gasteiger partial charge >= 0.3 is 5.97 Å². The molecule has 1 aliphatic heterocycles. The molecule has 7 heteroatoms. The maximum atomic E-state index is 13.3. The van der Waals surface area contributed by atoms with Crippen LogP contribution in [-0.4, -0.2) is 30.2 Å². The smallest absolute Gasteiger partial charge is 0.333 e. The number of hydrogen-bond donors (Lipinski definition) is 0. The summed E-state index contributed by atoms with van der Waals surface area (Å²) in [6.07, 6.45) is 2.01. The number of ether oxygens (including phenoxy) is 1. The van der Waals surface area contributed by atoms with E-state index in [1.165, 1.54) is 30.5 Å². The molecule has 1 amide bonds. The number of halogens is 2. The van der Waals surface area contributed by atoms with Gasteiger partial charge in [0.2, 0.25) is 5.91 Å². The van der Waals surface area contributed by atoms with Crippen molar-refractivity contribution >= 4 is 18.1 Å². The van der Waals surface area contributed by atoms with Crippen molar-refractivity contribution < 1.29 is 23.1 Å². The zero-order valence-corrected chi connectivity index (χ0v) is 12.6. The van der Waals surface area contributed by atoms with E-state index < -0.39 is 23.6 Å². The SMILES string of the molecule is C=C(CCC(=O)N1N=CCC1c1cc(F)cc(F)c1)C(=O)OC. The molecule has 0 radical (unpaired) electrons. The number of amides is 1. The zero-order chi connectivity index (χ0) is 17.0. The monoisotopic (exact) mass is 322 g/mol. The maximum absolute atomic E-state index is 13.3. The summed E-state index contributed by atoms with van der Waals surface area (Å²) < 4.78 is 31.2. The first-order chi connectivity index (χ1) is 10.9. The van der Waals surface area contributed by atoms with Crippen LogP contribution >= 0.6 is 0 Å². The van der Waals surface area contributed by atoms with Crippen LogP contribution in [0.3, 0.4) is 0 Å². The fourth-order valence-electron chi connectivity index (χ4n) is 2.32. The van der Waals surface area contributed by atoms with E-state index in [9.17, 15) is 18.4 Å². The van der Waals surface area contributed by atoms with E-state index in [0.717, 1.165) is 6.07 Å². The average Bonchev–Trinajstić information content (AvgIpc) is 3.00. The lowest BCUT2D eigenvalue weighted by Gasteiger charge is -2.22. The summed E-state index contributed by atoms with van der Waals surface area (Å²) in [5.74, 6) is -2.36. The Morgan fingerprint density at radius 2 is 1.96 bits per heavy atom. The van der Waals surface area contributed by atoms with Crippen molar-refractivity contribution in [2.45, 2.75) is 25.3 Å². The van der Waals surface area contributed by atoms with Gasteiger partial charge in [-0.15, -0.1) is 0 Å². The van der Waals surface area contributed by atoms with Crippen LogP contribution in [0.1, 0.15) is 30.9 Å².